The van der Waals surface area contributed by atoms with Crippen molar-refractivity contribution in [1.82, 2.24) is 14.8 Å². The van der Waals surface area contributed by atoms with E-state index in [1.165, 1.54) is 0 Å². The molecule has 3 rings (SSSR count). The Morgan fingerprint density at radius 2 is 2.00 bits per heavy atom. The highest BCUT2D eigenvalue weighted by Gasteiger charge is 2.29. The number of carbonyl (C=O) groups is 2. The molecule has 2 aromatic rings. The van der Waals surface area contributed by atoms with E-state index >= 15 is 0 Å². The Kier molecular flexibility index (Phi) is 4.25. The molecule has 0 aliphatic carbocycles. The van der Waals surface area contributed by atoms with Crippen LogP contribution < -0.4 is 0 Å². The van der Waals surface area contributed by atoms with Crippen LogP contribution in [0.1, 0.15) is 24.3 Å². The summed E-state index contributed by atoms with van der Waals surface area (Å²) in [6.07, 6.45) is 0. The zero-order valence-electron chi connectivity index (χ0n) is 12.9. The molecule has 1 saturated heterocycles. The molecular formula is C16H17Cl2N3O2. The van der Waals surface area contributed by atoms with Crippen LogP contribution in [0.3, 0.4) is 0 Å². The number of carbonyl (C=O) groups excluding carboxylic acids is 2. The maximum Gasteiger partial charge on any atom is 0.270 e. The highest BCUT2D eigenvalue weighted by atomic mass is 35.5. The molecule has 2 amide bonds. The van der Waals surface area contributed by atoms with Crippen LogP contribution >= 0.6 is 23.2 Å². The molecule has 1 aromatic carbocycles. The molecule has 2 heterocycles. The van der Waals surface area contributed by atoms with Gasteiger partial charge in [0.15, 0.2) is 0 Å². The second kappa shape index (κ2) is 6.06. The lowest BCUT2D eigenvalue weighted by atomic mass is 10.1. The number of hydrogen-bond donors (Lipinski definition) is 1. The fraction of sp³-hybridized carbons (Fsp3) is 0.375. The van der Waals surface area contributed by atoms with Gasteiger partial charge in [-0.25, -0.2) is 0 Å². The van der Waals surface area contributed by atoms with Crippen LogP contribution in [-0.4, -0.2) is 52.3 Å². The summed E-state index contributed by atoms with van der Waals surface area (Å²) in [5.41, 5.74) is 1.26. The molecule has 1 aromatic heterocycles. The highest BCUT2D eigenvalue weighted by Crippen LogP contribution is 2.31. The molecule has 1 aliphatic rings. The number of amides is 2. The van der Waals surface area contributed by atoms with E-state index in [0.29, 0.717) is 35.4 Å². The van der Waals surface area contributed by atoms with Crippen molar-refractivity contribution in [2.45, 2.75) is 19.9 Å². The quantitative estimate of drug-likeness (QED) is 0.855. The predicted molar refractivity (Wildman–Crippen MR) is 91.1 cm³/mol. The van der Waals surface area contributed by atoms with Gasteiger partial charge in [-0.1, -0.05) is 23.2 Å². The smallest absolute Gasteiger partial charge is 0.270 e. The van der Waals surface area contributed by atoms with Crippen molar-refractivity contribution in [1.29, 1.82) is 0 Å². The first-order valence-electron chi connectivity index (χ1n) is 7.41. The van der Waals surface area contributed by atoms with E-state index in [1.807, 2.05) is 6.92 Å². The third-order valence-electron chi connectivity index (χ3n) is 4.24. The zero-order valence-corrected chi connectivity index (χ0v) is 14.4. The van der Waals surface area contributed by atoms with E-state index in [1.54, 1.807) is 34.9 Å². The average Bonchev–Trinajstić information content (AvgIpc) is 2.94. The molecule has 1 atom stereocenters. The Morgan fingerprint density at radius 3 is 2.65 bits per heavy atom. The second-order valence-corrected chi connectivity index (χ2v) is 6.60. The third kappa shape index (κ3) is 2.91. The van der Waals surface area contributed by atoms with Gasteiger partial charge in [0.05, 0.1) is 10.0 Å². The number of benzene rings is 1. The summed E-state index contributed by atoms with van der Waals surface area (Å²) in [5, 5.41) is 1.63. The van der Waals surface area contributed by atoms with Crippen LogP contribution in [0.5, 0.6) is 0 Å². The summed E-state index contributed by atoms with van der Waals surface area (Å²) in [6.45, 7) is 5.09. The van der Waals surface area contributed by atoms with Gasteiger partial charge in [-0.05, 0) is 25.1 Å². The topological polar surface area (TPSA) is 56.4 Å². The number of rotatable bonds is 1. The van der Waals surface area contributed by atoms with Crippen LogP contribution in [0.15, 0.2) is 18.2 Å². The molecule has 1 fully saturated rings. The lowest BCUT2D eigenvalue weighted by molar-refractivity contribution is -0.132. The lowest BCUT2D eigenvalue weighted by Crippen LogP contribution is -2.55. The fourth-order valence-corrected chi connectivity index (χ4v) is 3.42. The van der Waals surface area contributed by atoms with Crippen molar-refractivity contribution in [2.24, 2.45) is 0 Å². The summed E-state index contributed by atoms with van der Waals surface area (Å²) < 4.78 is 0. The Labute approximate surface area is 144 Å². The predicted octanol–water partition coefficient (Wildman–Crippen LogP) is 3.17. The first kappa shape index (κ1) is 16.1. The molecule has 0 radical (unpaired) electrons. The third-order valence-corrected chi connectivity index (χ3v) is 5.06. The molecule has 0 saturated carbocycles. The molecule has 0 spiro atoms. The van der Waals surface area contributed by atoms with E-state index in [2.05, 4.69) is 4.98 Å². The largest absolute Gasteiger partial charge is 0.350 e. The minimum absolute atomic E-state index is 0.00705. The van der Waals surface area contributed by atoms with Crippen molar-refractivity contribution >= 4 is 45.9 Å². The summed E-state index contributed by atoms with van der Waals surface area (Å²) >= 11 is 12.2. The van der Waals surface area contributed by atoms with Crippen LogP contribution in [-0.2, 0) is 4.79 Å². The van der Waals surface area contributed by atoms with Gasteiger partial charge in [0.25, 0.3) is 5.91 Å². The van der Waals surface area contributed by atoms with Gasteiger partial charge in [0.1, 0.15) is 5.69 Å². The summed E-state index contributed by atoms with van der Waals surface area (Å²) in [4.78, 5) is 30.9. The first-order chi connectivity index (χ1) is 10.9. The van der Waals surface area contributed by atoms with Gasteiger partial charge in [-0.2, -0.15) is 0 Å². The Balaban J connectivity index is 1.84. The number of nitrogens with zero attached hydrogens (tertiary/aromatic N) is 2. The van der Waals surface area contributed by atoms with Gasteiger partial charge in [-0.3, -0.25) is 9.59 Å². The molecule has 122 valence electrons. The van der Waals surface area contributed by atoms with Crippen molar-refractivity contribution in [3.8, 4) is 0 Å². The average molecular weight is 354 g/mol. The standard InChI is InChI=1S/C16H17Cl2N3O2/c1-9-8-20(5-6-21(9)10(2)22)16(23)14-7-11-13(19-14)4-3-12(17)15(11)18/h3-4,7,9,19H,5-6,8H2,1-2H3/t9-/m0/s1. The number of fused-ring (bicyclic) bond motifs is 1. The maximum atomic E-state index is 12.7. The number of nitrogens with one attached hydrogen (secondary N) is 1. The van der Waals surface area contributed by atoms with Crippen LogP contribution in [0, 0.1) is 0 Å². The van der Waals surface area contributed by atoms with Gasteiger partial charge in [0, 0.05) is 43.5 Å². The minimum Gasteiger partial charge on any atom is -0.350 e. The highest BCUT2D eigenvalue weighted by molar-refractivity contribution is 6.45. The number of halogens is 2. The normalized spacial score (nSPS) is 18.5. The fourth-order valence-electron chi connectivity index (χ4n) is 3.04. The lowest BCUT2D eigenvalue weighted by Gasteiger charge is -2.39. The van der Waals surface area contributed by atoms with Crippen LogP contribution in [0.4, 0.5) is 0 Å². The van der Waals surface area contributed by atoms with E-state index in [-0.39, 0.29) is 17.9 Å². The van der Waals surface area contributed by atoms with Crippen molar-refractivity contribution < 1.29 is 9.59 Å². The minimum atomic E-state index is -0.0940. The van der Waals surface area contributed by atoms with Crippen molar-refractivity contribution in [3.63, 3.8) is 0 Å². The number of H-pyrrole nitrogens is 1. The summed E-state index contributed by atoms with van der Waals surface area (Å²) in [6, 6.07) is 5.24. The van der Waals surface area contributed by atoms with Crippen LogP contribution in [0.2, 0.25) is 10.0 Å². The van der Waals surface area contributed by atoms with E-state index in [9.17, 15) is 9.59 Å². The van der Waals surface area contributed by atoms with Gasteiger partial charge in [0.2, 0.25) is 5.91 Å². The van der Waals surface area contributed by atoms with Crippen molar-refractivity contribution in [2.75, 3.05) is 19.6 Å². The molecule has 0 bridgehead atoms. The molecule has 5 nitrogen and oxygen atoms in total. The second-order valence-electron chi connectivity index (χ2n) is 5.82. The van der Waals surface area contributed by atoms with E-state index in [0.717, 1.165) is 10.9 Å². The number of hydrogen-bond acceptors (Lipinski definition) is 2. The number of piperazine rings is 1. The number of aromatic amines is 1. The van der Waals surface area contributed by atoms with Gasteiger partial charge in [-0.15, -0.1) is 0 Å². The maximum absolute atomic E-state index is 12.7. The summed E-state index contributed by atoms with van der Waals surface area (Å²) in [5.74, 6) is -0.0555. The Bertz CT molecular complexity index is 787. The molecule has 1 aliphatic heterocycles. The van der Waals surface area contributed by atoms with Crippen molar-refractivity contribution in [3.05, 3.63) is 33.9 Å². The molecular weight excluding hydrogens is 337 g/mol. The molecule has 7 heteroatoms. The monoisotopic (exact) mass is 353 g/mol. The SMILES string of the molecule is CC(=O)N1CCN(C(=O)c2cc3c(Cl)c(Cl)ccc3[nH]2)C[C@@H]1C. The van der Waals surface area contributed by atoms with Gasteiger partial charge >= 0.3 is 0 Å². The van der Waals surface area contributed by atoms with E-state index in [4.69, 9.17) is 23.2 Å². The van der Waals surface area contributed by atoms with E-state index < -0.39 is 0 Å². The Hall–Kier alpha value is -1.72. The Morgan fingerprint density at radius 1 is 1.26 bits per heavy atom. The zero-order chi connectivity index (χ0) is 16.7. The first-order valence-corrected chi connectivity index (χ1v) is 8.17. The molecule has 23 heavy (non-hydrogen) atoms. The summed E-state index contributed by atoms with van der Waals surface area (Å²) in [7, 11) is 0. The van der Waals surface area contributed by atoms with Crippen LogP contribution in [0.25, 0.3) is 10.9 Å². The van der Waals surface area contributed by atoms with Gasteiger partial charge < -0.3 is 14.8 Å². The molecule has 1 N–H and O–H groups in total. The number of aromatic nitrogens is 1. The molecule has 0 unspecified atom stereocenters.